The Morgan fingerprint density at radius 3 is 2.36 bits per heavy atom. The van der Waals surface area contributed by atoms with Crippen LogP contribution in [0.25, 0.3) is 11.3 Å². The maximum absolute atomic E-state index is 13.5. The van der Waals surface area contributed by atoms with E-state index < -0.39 is 21.5 Å². The number of sulfonamides is 1. The van der Waals surface area contributed by atoms with Gasteiger partial charge >= 0.3 is 0 Å². The van der Waals surface area contributed by atoms with E-state index in [0.29, 0.717) is 16.9 Å². The molecule has 0 spiro atoms. The minimum atomic E-state index is -3.99. The predicted molar refractivity (Wildman–Crippen MR) is 170 cm³/mol. The number of methoxy groups -OCH3 is 1. The molecule has 0 aliphatic rings. The molecule has 4 rings (SSSR count). The quantitative estimate of drug-likeness (QED) is 0.0782. The average molecular weight is 619 g/mol. The monoisotopic (exact) mass is 618 g/mol. The topological polar surface area (TPSA) is 207 Å². The van der Waals surface area contributed by atoms with Gasteiger partial charge in [-0.1, -0.05) is 24.3 Å². The Bertz CT molecular complexity index is 1840. The molecule has 1 aromatic heterocycles. The number of nitrogen functional groups attached to an aromatic ring is 2. The van der Waals surface area contributed by atoms with E-state index in [9.17, 15) is 18.0 Å². The third-order valence-electron chi connectivity index (χ3n) is 6.41. The van der Waals surface area contributed by atoms with Crippen molar-refractivity contribution < 1.29 is 17.9 Å². The van der Waals surface area contributed by atoms with Gasteiger partial charge in [-0.3, -0.25) is 24.3 Å². The first-order valence-corrected chi connectivity index (χ1v) is 15.0. The Morgan fingerprint density at radius 1 is 1.07 bits per heavy atom. The van der Waals surface area contributed by atoms with E-state index in [1.807, 2.05) is 13.8 Å². The standard InChI is InChI=1S/C30H34N8O5S/c1-18(2)36-29-30(40)38(17-27(39)34-15-19-4-6-20(7-5-19)28(32)33)26(16-35-29)21-12-22(31)14-23(13-21)37-44(41,42)25-10-8-24(43-3)9-11-25/h4-14,16,18,37H,15,17,31H2,1-3H3,(H3,32,33)(H,34,39)(H,35,36). The molecular formula is C30H34N8O5S. The molecule has 4 aromatic rings. The lowest BCUT2D eigenvalue weighted by Gasteiger charge is -2.17. The second-order valence-corrected chi connectivity index (χ2v) is 11.9. The smallest absolute Gasteiger partial charge is 0.294 e. The van der Waals surface area contributed by atoms with Crippen LogP contribution in [-0.4, -0.2) is 42.9 Å². The van der Waals surface area contributed by atoms with Gasteiger partial charge in [-0.05, 0) is 61.9 Å². The van der Waals surface area contributed by atoms with E-state index in [4.69, 9.17) is 21.6 Å². The van der Waals surface area contributed by atoms with E-state index in [0.717, 1.165) is 5.56 Å². The summed E-state index contributed by atoms with van der Waals surface area (Å²) in [5, 5.41) is 13.3. The van der Waals surface area contributed by atoms with Crippen molar-refractivity contribution >= 4 is 39.0 Å². The highest BCUT2D eigenvalue weighted by atomic mass is 32.2. The van der Waals surface area contributed by atoms with Gasteiger partial charge in [0, 0.05) is 29.4 Å². The largest absolute Gasteiger partial charge is 0.497 e. The molecule has 3 aromatic carbocycles. The molecular weight excluding hydrogens is 584 g/mol. The Morgan fingerprint density at radius 2 is 1.75 bits per heavy atom. The Kier molecular flexibility index (Phi) is 9.54. The fraction of sp³-hybridized carbons (Fsp3) is 0.200. The number of ether oxygens (including phenoxy) is 1. The summed E-state index contributed by atoms with van der Waals surface area (Å²) in [6.07, 6.45) is 1.43. The minimum absolute atomic E-state index is 0.0116. The van der Waals surface area contributed by atoms with E-state index >= 15 is 0 Å². The number of hydrogen-bond donors (Lipinski definition) is 6. The summed E-state index contributed by atoms with van der Waals surface area (Å²) in [6.45, 7) is 3.53. The van der Waals surface area contributed by atoms with Gasteiger partial charge in [0.15, 0.2) is 5.82 Å². The summed E-state index contributed by atoms with van der Waals surface area (Å²) in [4.78, 5) is 30.9. The fourth-order valence-corrected chi connectivity index (χ4v) is 5.32. The van der Waals surface area contributed by atoms with E-state index in [1.54, 1.807) is 30.3 Å². The highest BCUT2D eigenvalue weighted by molar-refractivity contribution is 7.92. The maximum atomic E-state index is 13.5. The summed E-state index contributed by atoms with van der Waals surface area (Å²) in [5.41, 5.74) is 13.4. The number of anilines is 3. The van der Waals surface area contributed by atoms with Crippen molar-refractivity contribution in [3.8, 4) is 17.0 Å². The van der Waals surface area contributed by atoms with Crippen LogP contribution >= 0.6 is 0 Å². The molecule has 13 nitrogen and oxygen atoms in total. The molecule has 0 saturated heterocycles. The van der Waals surface area contributed by atoms with Crippen molar-refractivity contribution in [1.29, 1.82) is 5.41 Å². The van der Waals surface area contributed by atoms with E-state index in [-0.39, 0.29) is 52.7 Å². The number of amides is 1. The number of carbonyl (C=O) groups excluding carboxylic acids is 1. The second-order valence-electron chi connectivity index (χ2n) is 10.2. The van der Waals surface area contributed by atoms with Crippen LogP contribution in [-0.2, 0) is 27.9 Å². The van der Waals surface area contributed by atoms with Gasteiger partial charge in [0.2, 0.25) is 5.91 Å². The number of rotatable bonds is 12. The van der Waals surface area contributed by atoms with Gasteiger partial charge in [-0.15, -0.1) is 0 Å². The molecule has 44 heavy (non-hydrogen) atoms. The lowest BCUT2D eigenvalue weighted by atomic mass is 10.1. The predicted octanol–water partition coefficient (Wildman–Crippen LogP) is 2.72. The third-order valence-corrected chi connectivity index (χ3v) is 7.81. The first-order chi connectivity index (χ1) is 20.9. The van der Waals surface area contributed by atoms with E-state index in [2.05, 4.69) is 20.3 Å². The molecule has 0 atom stereocenters. The molecule has 0 fully saturated rings. The second kappa shape index (κ2) is 13.3. The zero-order valence-electron chi connectivity index (χ0n) is 24.4. The summed E-state index contributed by atoms with van der Waals surface area (Å²) in [5.74, 6) is 0.0518. The summed E-state index contributed by atoms with van der Waals surface area (Å²) in [6, 6.07) is 17.1. The van der Waals surface area contributed by atoms with Crippen LogP contribution in [0.5, 0.6) is 5.75 Å². The lowest BCUT2D eigenvalue weighted by molar-refractivity contribution is -0.121. The lowest BCUT2D eigenvalue weighted by Crippen LogP contribution is -2.35. The van der Waals surface area contributed by atoms with Crippen molar-refractivity contribution in [2.24, 2.45) is 5.73 Å². The summed E-state index contributed by atoms with van der Waals surface area (Å²) in [7, 11) is -2.51. The third kappa shape index (κ3) is 7.72. The van der Waals surface area contributed by atoms with Gasteiger partial charge < -0.3 is 26.8 Å². The summed E-state index contributed by atoms with van der Waals surface area (Å²) >= 11 is 0. The Hall–Kier alpha value is -5.37. The molecule has 1 amide bonds. The number of nitrogens with two attached hydrogens (primary N) is 2. The zero-order valence-corrected chi connectivity index (χ0v) is 25.2. The molecule has 0 aliphatic heterocycles. The fourth-order valence-electron chi connectivity index (χ4n) is 4.28. The molecule has 0 aliphatic carbocycles. The van der Waals surface area contributed by atoms with Crippen LogP contribution in [0.15, 0.2) is 82.6 Å². The minimum Gasteiger partial charge on any atom is -0.497 e. The number of amidine groups is 1. The van der Waals surface area contributed by atoms with Gasteiger partial charge in [0.25, 0.3) is 15.6 Å². The van der Waals surface area contributed by atoms with Crippen LogP contribution in [0.1, 0.15) is 25.0 Å². The van der Waals surface area contributed by atoms with Gasteiger partial charge in [-0.25, -0.2) is 13.4 Å². The molecule has 0 bridgehead atoms. The van der Waals surface area contributed by atoms with Crippen molar-refractivity contribution in [2.45, 2.75) is 37.9 Å². The van der Waals surface area contributed by atoms with Crippen LogP contribution in [0.3, 0.4) is 0 Å². The highest BCUT2D eigenvalue weighted by Crippen LogP contribution is 2.28. The van der Waals surface area contributed by atoms with Gasteiger partial charge in [-0.2, -0.15) is 0 Å². The molecule has 14 heteroatoms. The van der Waals surface area contributed by atoms with Crippen LogP contribution in [0.2, 0.25) is 0 Å². The first-order valence-electron chi connectivity index (χ1n) is 13.5. The van der Waals surface area contributed by atoms with Gasteiger partial charge in [0.1, 0.15) is 18.1 Å². The SMILES string of the molecule is COc1ccc(S(=O)(=O)Nc2cc(N)cc(-c3cnc(NC(C)C)c(=O)n3CC(=O)NCc3ccc(C(=N)N)cc3)c2)cc1. The van der Waals surface area contributed by atoms with Gasteiger partial charge in [0.05, 0.1) is 29.6 Å². The molecule has 0 unspecified atom stereocenters. The molecule has 0 saturated carbocycles. The summed E-state index contributed by atoms with van der Waals surface area (Å²) < 4.78 is 35.0. The first kappa shape index (κ1) is 31.6. The van der Waals surface area contributed by atoms with E-state index in [1.165, 1.54) is 54.3 Å². The number of nitrogens with zero attached hydrogens (tertiary/aromatic N) is 2. The molecule has 1 heterocycles. The number of nitrogens with one attached hydrogen (secondary N) is 4. The van der Waals surface area contributed by atoms with Crippen molar-refractivity contribution in [1.82, 2.24) is 14.9 Å². The maximum Gasteiger partial charge on any atom is 0.294 e. The molecule has 0 radical (unpaired) electrons. The number of hydrogen-bond acceptors (Lipinski definition) is 9. The molecule has 230 valence electrons. The van der Waals surface area contributed by atoms with Crippen molar-refractivity contribution in [2.75, 3.05) is 22.9 Å². The number of aromatic nitrogens is 2. The zero-order chi connectivity index (χ0) is 32.0. The number of carbonyl (C=O) groups is 1. The highest BCUT2D eigenvalue weighted by Gasteiger charge is 2.19. The normalized spacial score (nSPS) is 11.2. The Balaban J connectivity index is 1.65. The Labute approximate surface area is 254 Å². The van der Waals surface area contributed by atoms with Crippen LogP contribution in [0, 0.1) is 5.41 Å². The molecule has 8 N–H and O–H groups in total. The number of benzene rings is 3. The average Bonchev–Trinajstić information content (AvgIpc) is 2.97. The van der Waals surface area contributed by atoms with Crippen LogP contribution in [0.4, 0.5) is 17.2 Å². The van der Waals surface area contributed by atoms with Crippen molar-refractivity contribution in [3.63, 3.8) is 0 Å². The van der Waals surface area contributed by atoms with Crippen molar-refractivity contribution in [3.05, 3.63) is 94.4 Å². The van der Waals surface area contributed by atoms with Crippen LogP contribution < -0.4 is 37.1 Å².